The molecule has 0 bridgehead atoms. The summed E-state index contributed by atoms with van der Waals surface area (Å²) in [5.41, 5.74) is 2.63. The number of aryl methyl sites for hydroxylation is 1. The molecule has 1 fully saturated rings. The first-order valence-corrected chi connectivity index (χ1v) is 9.36. The normalized spacial score (nSPS) is 18.4. The fourth-order valence-electron chi connectivity index (χ4n) is 3.01. The molecule has 1 saturated heterocycles. The second-order valence-corrected chi connectivity index (χ2v) is 7.24. The van der Waals surface area contributed by atoms with Crippen LogP contribution in [0.3, 0.4) is 0 Å². The van der Waals surface area contributed by atoms with Gasteiger partial charge in [-0.15, -0.1) is 0 Å². The van der Waals surface area contributed by atoms with Crippen molar-refractivity contribution in [2.75, 3.05) is 18.8 Å². The predicted molar refractivity (Wildman–Crippen MR) is 97.6 cm³/mol. The van der Waals surface area contributed by atoms with Crippen molar-refractivity contribution in [2.45, 2.75) is 24.5 Å². The zero-order valence-corrected chi connectivity index (χ0v) is 14.2. The van der Waals surface area contributed by atoms with Gasteiger partial charge in [-0.1, -0.05) is 60.7 Å². The van der Waals surface area contributed by atoms with Crippen LogP contribution in [0.5, 0.6) is 0 Å². The standard InChI is InChI=1S/C20H23NOS/c22-20(12-11-17-7-3-1-4-8-17)21-14-13-19(23-16-15-21)18-9-5-2-6-10-18/h1-10,19H,11-16H2. The van der Waals surface area contributed by atoms with Gasteiger partial charge in [-0.05, 0) is 24.0 Å². The van der Waals surface area contributed by atoms with E-state index >= 15 is 0 Å². The summed E-state index contributed by atoms with van der Waals surface area (Å²) < 4.78 is 0. The summed E-state index contributed by atoms with van der Waals surface area (Å²) in [6, 6.07) is 20.9. The Bertz CT molecular complexity index is 614. The van der Waals surface area contributed by atoms with Crippen molar-refractivity contribution in [2.24, 2.45) is 0 Å². The van der Waals surface area contributed by atoms with Gasteiger partial charge in [0, 0.05) is 30.5 Å². The number of rotatable bonds is 4. The Balaban J connectivity index is 1.52. The van der Waals surface area contributed by atoms with Gasteiger partial charge >= 0.3 is 0 Å². The SMILES string of the molecule is O=C(CCc1ccccc1)N1CCSC(c2ccccc2)CC1. The highest BCUT2D eigenvalue weighted by atomic mass is 32.2. The summed E-state index contributed by atoms with van der Waals surface area (Å²) >= 11 is 1.98. The molecule has 23 heavy (non-hydrogen) atoms. The van der Waals surface area contributed by atoms with Crippen LogP contribution in [0.25, 0.3) is 0 Å². The molecule has 3 rings (SSSR count). The molecule has 0 N–H and O–H groups in total. The summed E-state index contributed by atoms with van der Waals surface area (Å²) in [4.78, 5) is 14.5. The molecule has 1 aliphatic rings. The lowest BCUT2D eigenvalue weighted by Gasteiger charge is -2.20. The van der Waals surface area contributed by atoms with Gasteiger partial charge in [-0.25, -0.2) is 0 Å². The first-order valence-electron chi connectivity index (χ1n) is 8.31. The maximum absolute atomic E-state index is 12.5. The third-order valence-corrected chi connectivity index (χ3v) is 5.66. The lowest BCUT2D eigenvalue weighted by molar-refractivity contribution is -0.130. The molecule has 1 atom stereocenters. The van der Waals surface area contributed by atoms with E-state index in [1.165, 1.54) is 11.1 Å². The molecule has 120 valence electrons. The molecule has 1 unspecified atom stereocenters. The van der Waals surface area contributed by atoms with E-state index in [1.807, 2.05) is 30.0 Å². The van der Waals surface area contributed by atoms with Crippen LogP contribution in [-0.4, -0.2) is 29.6 Å². The number of carbonyl (C=O) groups excluding carboxylic acids is 1. The topological polar surface area (TPSA) is 20.3 Å². The maximum Gasteiger partial charge on any atom is 0.222 e. The van der Waals surface area contributed by atoms with Gasteiger partial charge in [0.1, 0.15) is 0 Å². The monoisotopic (exact) mass is 325 g/mol. The van der Waals surface area contributed by atoms with Gasteiger partial charge in [0.2, 0.25) is 5.91 Å². The summed E-state index contributed by atoms with van der Waals surface area (Å²) in [6.07, 6.45) is 2.50. The Hall–Kier alpha value is -1.74. The van der Waals surface area contributed by atoms with E-state index in [2.05, 4.69) is 47.4 Å². The van der Waals surface area contributed by atoms with Crippen molar-refractivity contribution in [3.63, 3.8) is 0 Å². The largest absolute Gasteiger partial charge is 0.342 e. The number of amides is 1. The Morgan fingerprint density at radius 2 is 1.70 bits per heavy atom. The van der Waals surface area contributed by atoms with Crippen molar-refractivity contribution in [1.82, 2.24) is 4.90 Å². The highest BCUT2D eigenvalue weighted by molar-refractivity contribution is 7.99. The smallest absolute Gasteiger partial charge is 0.222 e. The molecule has 2 aromatic rings. The maximum atomic E-state index is 12.5. The number of hydrogen-bond donors (Lipinski definition) is 0. The van der Waals surface area contributed by atoms with E-state index < -0.39 is 0 Å². The van der Waals surface area contributed by atoms with Crippen LogP contribution in [-0.2, 0) is 11.2 Å². The number of carbonyl (C=O) groups is 1. The number of thioether (sulfide) groups is 1. The van der Waals surface area contributed by atoms with Crippen LogP contribution in [0.4, 0.5) is 0 Å². The summed E-state index contributed by atoms with van der Waals surface area (Å²) in [7, 11) is 0. The second-order valence-electron chi connectivity index (χ2n) is 5.93. The quantitative estimate of drug-likeness (QED) is 0.834. The van der Waals surface area contributed by atoms with Gasteiger partial charge in [-0.2, -0.15) is 11.8 Å². The number of hydrogen-bond acceptors (Lipinski definition) is 2. The van der Waals surface area contributed by atoms with Gasteiger partial charge in [0.25, 0.3) is 0 Å². The van der Waals surface area contributed by atoms with E-state index in [1.54, 1.807) is 0 Å². The zero-order valence-electron chi connectivity index (χ0n) is 13.4. The van der Waals surface area contributed by atoms with Gasteiger partial charge in [-0.3, -0.25) is 4.79 Å². The molecule has 0 saturated carbocycles. The van der Waals surface area contributed by atoms with E-state index in [4.69, 9.17) is 0 Å². The number of benzene rings is 2. The molecule has 1 aliphatic heterocycles. The summed E-state index contributed by atoms with van der Waals surface area (Å²) in [6.45, 7) is 1.75. The molecule has 3 heteroatoms. The Morgan fingerprint density at radius 3 is 2.43 bits per heavy atom. The van der Waals surface area contributed by atoms with E-state index in [9.17, 15) is 4.79 Å². The highest BCUT2D eigenvalue weighted by Gasteiger charge is 2.21. The van der Waals surface area contributed by atoms with Gasteiger partial charge in [0.05, 0.1) is 0 Å². The molecular formula is C20H23NOS. The van der Waals surface area contributed by atoms with Crippen molar-refractivity contribution in [3.05, 3.63) is 71.8 Å². The van der Waals surface area contributed by atoms with Crippen molar-refractivity contribution >= 4 is 17.7 Å². The lowest BCUT2D eigenvalue weighted by Crippen LogP contribution is -2.33. The molecule has 0 aliphatic carbocycles. The highest BCUT2D eigenvalue weighted by Crippen LogP contribution is 2.34. The fraction of sp³-hybridized carbons (Fsp3) is 0.350. The van der Waals surface area contributed by atoms with Crippen molar-refractivity contribution in [1.29, 1.82) is 0 Å². The molecule has 0 aromatic heterocycles. The fourth-order valence-corrected chi connectivity index (χ4v) is 4.24. The zero-order chi connectivity index (χ0) is 15.9. The van der Waals surface area contributed by atoms with Crippen molar-refractivity contribution < 1.29 is 4.79 Å². The van der Waals surface area contributed by atoms with Crippen molar-refractivity contribution in [3.8, 4) is 0 Å². The molecule has 1 amide bonds. The molecule has 0 radical (unpaired) electrons. The summed E-state index contributed by atoms with van der Waals surface area (Å²) in [5.74, 6) is 1.32. The van der Waals surface area contributed by atoms with E-state index in [0.29, 0.717) is 17.6 Å². The minimum atomic E-state index is 0.295. The average Bonchev–Trinajstić information content (AvgIpc) is 2.87. The average molecular weight is 325 g/mol. The van der Waals surface area contributed by atoms with Crippen LogP contribution in [0.15, 0.2) is 60.7 Å². The minimum Gasteiger partial charge on any atom is -0.342 e. The third kappa shape index (κ3) is 4.61. The molecule has 1 heterocycles. The first-order chi connectivity index (χ1) is 11.3. The van der Waals surface area contributed by atoms with E-state index in [0.717, 1.165) is 31.7 Å². The third-order valence-electron chi connectivity index (χ3n) is 4.34. The lowest BCUT2D eigenvalue weighted by atomic mass is 10.1. The van der Waals surface area contributed by atoms with E-state index in [-0.39, 0.29) is 0 Å². The number of nitrogens with zero attached hydrogens (tertiary/aromatic N) is 1. The molecule has 2 nitrogen and oxygen atoms in total. The first kappa shape index (κ1) is 16.1. The van der Waals surface area contributed by atoms with Crippen LogP contribution in [0, 0.1) is 0 Å². The molecular weight excluding hydrogens is 302 g/mol. The van der Waals surface area contributed by atoms with Crippen LogP contribution in [0.2, 0.25) is 0 Å². The van der Waals surface area contributed by atoms with Crippen LogP contribution in [0.1, 0.15) is 29.2 Å². The minimum absolute atomic E-state index is 0.295. The Morgan fingerprint density at radius 1 is 1.00 bits per heavy atom. The van der Waals surface area contributed by atoms with Crippen LogP contribution >= 0.6 is 11.8 Å². The second kappa shape index (κ2) is 8.21. The van der Waals surface area contributed by atoms with Crippen LogP contribution < -0.4 is 0 Å². The summed E-state index contributed by atoms with van der Waals surface area (Å²) in [5, 5.41) is 0.517. The molecule has 0 spiro atoms. The van der Waals surface area contributed by atoms with Gasteiger partial charge < -0.3 is 4.90 Å². The molecule has 2 aromatic carbocycles. The Labute approximate surface area is 142 Å². The van der Waals surface area contributed by atoms with Gasteiger partial charge in [0.15, 0.2) is 0 Å². The predicted octanol–water partition coefficient (Wildman–Crippen LogP) is 4.33. The Kier molecular flexibility index (Phi) is 5.76.